The van der Waals surface area contributed by atoms with Gasteiger partial charge in [-0.1, -0.05) is 31.9 Å². The number of rotatable bonds is 0. The van der Waals surface area contributed by atoms with E-state index in [0.717, 1.165) is 35.5 Å². The van der Waals surface area contributed by atoms with E-state index < -0.39 is 0 Å². The van der Waals surface area contributed by atoms with Gasteiger partial charge in [0.25, 0.3) is 0 Å². The standard InChI is InChI=1S/C10H7Br2N/c11-9-2(1-13)3-4-6(9)8-7(9)5(3)10(4,8)12/h2-8H/t2-,3?,4-,5+,6-,7+,8?,9?,10?/m1/s1. The Morgan fingerprint density at radius 2 is 1.46 bits per heavy atom. The van der Waals surface area contributed by atoms with Crippen molar-refractivity contribution in [1.29, 1.82) is 5.26 Å². The summed E-state index contributed by atoms with van der Waals surface area (Å²) in [5, 5.41) is 9.19. The lowest BCUT2D eigenvalue weighted by Gasteiger charge is -2.90. The van der Waals surface area contributed by atoms with Crippen LogP contribution in [-0.4, -0.2) is 8.65 Å². The lowest BCUT2D eigenvalue weighted by atomic mass is 9.20. The molecule has 0 aromatic rings. The van der Waals surface area contributed by atoms with Crippen molar-refractivity contribution in [1.82, 2.24) is 0 Å². The van der Waals surface area contributed by atoms with Crippen molar-refractivity contribution in [3.63, 3.8) is 0 Å². The Morgan fingerprint density at radius 3 is 1.92 bits per heavy atom. The highest BCUT2D eigenvalue weighted by molar-refractivity contribution is 9.10. The second kappa shape index (κ2) is 1.38. The SMILES string of the molecule is N#C[C@@H]1C2[C@@H]3[C@@H]4C5[C@H]([C@H]2C53Br)C14Br. The zero-order valence-corrected chi connectivity index (χ0v) is 9.92. The van der Waals surface area contributed by atoms with Gasteiger partial charge in [0, 0.05) is 8.65 Å². The quantitative estimate of drug-likeness (QED) is 0.629. The van der Waals surface area contributed by atoms with Crippen LogP contribution in [0.3, 0.4) is 0 Å². The minimum Gasteiger partial charge on any atom is -0.198 e. The van der Waals surface area contributed by atoms with E-state index in [1.165, 1.54) is 0 Å². The van der Waals surface area contributed by atoms with E-state index >= 15 is 0 Å². The predicted molar refractivity (Wildman–Crippen MR) is 53.4 cm³/mol. The Hall–Kier alpha value is 0.450. The maximum absolute atomic E-state index is 9.19. The largest absolute Gasteiger partial charge is 0.198 e. The van der Waals surface area contributed by atoms with Crippen molar-refractivity contribution in [2.75, 3.05) is 0 Å². The van der Waals surface area contributed by atoms with Crippen LogP contribution in [0.5, 0.6) is 0 Å². The monoisotopic (exact) mass is 299 g/mol. The summed E-state index contributed by atoms with van der Waals surface area (Å²) in [6, 6.07) is 2.55. The van der Waals surface area contributed by atoms with E-state index in [0.29, 0.717) is 10.2 Å². The van der Waals surface area contributed by atoms with Crippen LogP contribution in [0.1, 0.15) is 0 Å². The Kier molecular flexibility index (Phi) is 0.724. The lowest BCUT2D eigenvalue weighted by molar-refractivity contribution is -0.337. The number of hydrogen-bond donors (Lipinski definition) is 0. The molecular weight excluding hydrogens is 294 g/mol. The molecule has 0 aliphatic heterocycles. The fourth-order valence-electron chi connectivity index (χ4n) is 5.89. The van der Waals surface area contributed by atoms with Crippen LogP contribution in [0.25, 0.3) is 0 Å². The molecular formula is C10H7Br2N. The number of nitriles is 1. The van der Waals surface area contributed by atoms with Crippen molar-refractivity contribution in [2.45, 2.75) is 8.65 Å². The molecule has 0 N–H and O–H groups in total. The molecule has 0 aromatic heterocycles. The first kappa shape index (κ1) is 6.85. The molecule has 6 aliphatic rings. The summed E-state index contributed by atoms with van der Waals surface area (Å²) in [7, 11) is 0. The first-order valence-electron chi connectivity index (χ1n) is 4.96. The summed E-state index contributed by atoms with van der Waals surface area (Å²) in [5.41, 5.74) is 0. The fraction of sp³-hybridized carbons (Fsp3) is 0.900. The average molecular weight is 301 g/mol. The Morgan fingerprint density at radius 1 is 0.923 bits per heavy atom. The number of hydrogen-bond acceptors (Lipinski definition) is 1. The average Bonchev–Trinajstić information content (AvgIpc) is 2.28. The van der Waals surface area contributed by atoms with Gasteiger partial charge in [0.15, 0.2) is 0 Å². The molecule has 9 atom stereocenters. The molecule has 0 heterocycles. The molecule has 13 heavy (non-hydrogen) atoms. The van der Waals surface area contributed by atoms with Gasteiger partial charge in [0.05, 0.1) is 12.0 Å². The van der Waals surface area contributed by atoms with E-state index in [1.54, 1.807) is 0 Å². The smallest absolute Gasteiger partial charge is 0.0673 e. The highest BCUT2D eigenvalue weighted by Gasteiger charge is 3.04. The Bertz CT molecular complexity index is 392. The van der Waals surface area contributed by atoms with Crippen molar-refractivity contribution in [3.05, 3.63) is 0 Å². The van der Waals surface area contributed by atoms with Crippen LogP contribution < -0.4 is 0 Å². The molecule has 0 saturated heterocycles. The third-order valence-electron chi connectivity index (χ3n) is 5.93. The molecule has 2 bridgehead atoms. The summed E-state index contributed by atoms with van der Waals surface area (Å²) in [6.07, 6.45) is 0. The number of halogens is 2. The third-order valence-corrected chi connectivity index (χ3v) is 9.07. The second-order valence-corrected chi connectivity index (χ2v) is 8.21. The Balaban J connectivity index is 1.81. The van der Waals surface area contributed by atoms with Crippen LogP contribution in [-0.2, 0) is 0 Å². The summed E-state index contributed by atoms with van der Waals surface area (Å²) in [5.74, 6) is 5.46. The summed E-state index contributed by atoms with van der Waals surface area (Å²) < 4.78 is 0.817. The number of alkyl halides is 2. The molecule has 6 rings (SSSR count). The number of nitrogens with zero attached hydrogens (tertiary/aromatic N) is 1. The van der Waals surface area contributed by atoms with E-state index in [-0.39, 0.29) is 4.32 Å². The van der Waals surface area contributed by atoms with Gasteiger partial charge in [0.1, 0.15) is 0 Å². The molecule has 1 nitrogen and oxygen atoms in total. The van der Waals surface area contributed by atoms with Crippen LogP contribution in [0, 0.1) is 52.8 Å². The predicted octanol–water partition coefficient (Wildman–Crippen LogP) is 2.16. The minimum absolute atomic E-state index is 0.280. The van der Waals surface area contributed by atoms with Crippen molar-refractivity contribution in [2.24, 2.45) is 41.4 Å². The fourth-order valence-corrected chi connectivity index (χ4v) is 9.18. The van der Waals surface area contributed by atoms with Gasteiger partial charge in [-0.3, -0.25) is 0 Å². The van der Waals surface area contributed by atoms with E-state index in [9.17, 15) is 5.26 Å². The van der Waals surface area contributed by atoms with Crippen molar-refractivity contribution in [3.8, 4) is 6.07 Å². The topological polar surface area (TPSA) is 23.8 Å². The van der Waals surface area contributed by atoms with Gasteiger partial charge in [-0.05, 0) is 35.5 Å². The molecule has 0 spiro atoms. The Labute approximate surface area is 93.1 Å². The first-order chi connectivity index (χ1) is 6.18. The normalized spacial score (nSPS) is 88.5. The maximum Gasteiger partial charge on any atom is 0.0673 e. The molecule has 0 aromatic carbocycles. The van der Waals surface area contributed by atoms with Crippen LogP contribution in [0.2, 0.25) is 0 Å². The van der Waals surface area contributed by atoms with Gasteiger partial charge in [-0.15, -0.1) is 0 Å². The maximum atomic E-state index is 9.19. The molecule has 6 saturated carbocycles. The third kappa shape index (κ3) is 0.308. The molecule has 4 unspecified atom stereocenters. The van der Waals surface area contributed by atoms with Gasteiger partial charge in [0.2, 0.25) is 0 Å². The van der Waals surface area contributed by atoms with E-state index in [2.05, 4.69) is 37.9 Å². The summed E-state index contributed by atoms with van der Waals surface area (Å²) >= 11 is 7.82. The van der Waals surface area contributed by atoms with Crippen LogP contribution >= 0.6 is 31.9 Å². The molecule has 6 aliphatic carbocycles. The highest BCUT2D eigenvalue weighted by atomic mass is 79.9. The van der Waals surface area contributed by atoms with Gasteiger partial charge >= 0.3 is 0 Å². The summed E-state index contributed by atoms with van der Waals surface area (Å²) in [4.78, 5) is 0. The van der Waals surface area contributed by atoms with Crippen LogP contribution in [0.15, 0.2) is 0 Å². The van der Waals surface area contributed by atoms with Gasteiger partial charge < -0.3 is 0 Å². The zero-order chi connectivity index (χ0) is 8.75. The highest BCUT2D eigenvalue weighted by Crippen LogP contribution is 3.02. The molecule has 0 amide bonds. The zero-order valence-electron chi connectivity index (χ0n) is 6.74. The molecule has 66 valence electrons. The van der Waals surface area contributed by atoms with Gasteiger partial charge in [-0.25, -0.2) is 0 Å². The van der Waals surface area contributed by atoms with E-state index in [1.807, 2.05) is 0 Å². The molecule has 6 fully saturated rings. The minimum atomic E-state index is 0.280. The van der Waals surface area contributed by atoms with E-state index in [4.69, 9.17) is 0 Å². The second-order valence-electron chi connectivity index (χ2n) is 5.47. The van der Waals surface area contributed by atoms with Crippen LogP contribution in [0.4, 0.5) is 0 Å². The van der Waals surface area contributed by atoms with Crippen molar-refractivity contribution >= 4 is 31.9 Å². The van der Waals surface area contributed by atoms with Gasteiger partial charge in [-0.2, -0.15) is 5.26 Å². The first-order valence-corrected chi connectivity index (χ1v) is 6.54. The van der Waals surface area contributed by atoms with Crippen molar-refractivity contribution < 1.29 is 0 Å². The molecule has 3 heteroatoms. The summed E-state index contributed by atoms with van der Waals surface area (Å²) in [6.45, 7) is 0. The lowest BCUT2D eigenvalue weighted by Crippen LogP contribution is -2.93. The molecule has 0 radical (unpaired) electrons.